The van der Waals surface area contributed by atoms with Crippen LogP contribution in [0.1, 0.15) is 32.6 Å². The number of nitrogens with one attached hydrogen (secondary N) is 1. The third-order valence-corrected chi connectivity index (χ3v) is 6.29. The minimum absolute atomic E-state index is 0.0450. The number of hydrogen-bond donors (Lipinski definition) is 1. The molecule has 3 nitrogen and oxygen atoms in total. The van der Waals surface area contributed by atoms with E-state index in [1.807, 2.05) is 0 Å². The Bertz CT molecular complexity index is 554. The van der Waals surface area contributed by atoms with Crippen LogP contribution in [0.3, 0.4) is 0 Å². The summed E-state index contributed by atoms with van der Waals surface area (Å²) in [5.74, 6) is 0.697. The lowest BCUT2D eigenvalue weighted by Crippen LogP contribution is -2.37. The first-order chi connectivity index (χ1) is 8.88. The van der Waals surface area contributed by atoms with Crippen molar-refractivity contribution >= 4 is 37.6 Å². The molecule has 0 bridgehead atoms. The van der Waals surface area contributed by atoms with Crippen LogP contribution in [-0.2, 0) is 10.0 Å². The molecular formula is C13H17BrClNO2S. The molecular weight excluding hydrogens is 350 g/mol. The van der Waals surface area contributed by atoms with Gasteiger partial charge in [-0.15, -0.1) is 0 Å². The van der Waals surface area contributed by atoms with E-state index in [2.05, 4.69) is 27.6 Å². The molecule has 0 heterocycles. The van der Waals surface area contributed by atoms with Gasteiger partial charge in [0, 0.05) is 10.5 Å². The van der Waals surface area contributed by atoms with Crippen LogP contribution >= 0.6 is 27.5 Å². The maximum Gasteiger partial charge on any atom is 0.240 e. The molecule has 0 amide bonds. The van der Waals surface area contributed by atoms with Gasteiger partial charge in [0.15, 0.2) is 0 Å². The van der Waals surface area contributed by atoms with E-state index >= 15 is 0 Å². The van der Waals surface area contributed by atoms with Crippen molar-refractivity contribution in [3.8, 4) is 0 Å². The monoisotopic (exact) mass is 365 g/mol. The Balaban J connectivity index is 2.11. The largest absolute Gasteiger partial charge is 0.240 e. The third-order valence-electron chi connectivity index (χ3n) is 3.54. The van der Waals surface area contributed by atoms with Crippen molar-refractivity contribution in [2.75, 3.05) is 0 Å². The van der Waals surface area contributed by atoms with Gasteiger partial charge in [-0.3, -0.25) is 0 Å². The molecule has 2 rings (SSSR count). The molecule has 0 unspecified atom stereocenters. The van der Waals surface area contributed by atoms with Gasteiger partial charge in [-0.1, -0.05) is 18.5 Å². The number of rotatable bonds is 3. The standard InChI is InChI=1S/C13H17BrClNO2S/c1-9-2-4-10(5-3-9)16-19(17,18)11-6-7-12(14)13(15)8-11/h6-10,16H,2-5H2,1H3. The smallest absolute Gasteiger partial charge is 0.208 e. The summed E-state index contributed by atoms with van der Waals surface area (Å²) < 4.78 is 28.0. The summed E-state index contributed by atoms with van der Waals surface area (Å²) >= 11 is 9.20. The van der Waals surface area contributed by atoms with Crippen molar-refractivity contribution in [3.63, 3.8) is 0 Å². The second-order valence-electron chi connectivity index (χ2n) is 5.15. The minimum atomic E-state index is -3.47. The Morgan fingerprint density at radius 1 is 1.26 bits per heavy atom. The van der Waals surface area contributed by atoms with Crippen LogP contribution < -0.4 is 4.72 Å². The summed E-state index contributed by atoms with van der Waals surface area (Å²) in [5.41, 5.74) is 0. The minimum Gasteiger partial charge on any atom is -0.208 e. The van der Waals surface area contributed by atoms with Crippen LogP contribution in [0.4, 0.5) is 0 Å². The molecule has 1 N–H and O–H groups in total. The Morgan fingerprint density at radius 3 is 2.47 bits per heavy atom. The quantitative estimate of drug-likeness (QED) is 0.880. The first-order valence-corrected chi connectivity index (χ1v) is 9.01. The van der Waals surface area contributed by atoms with Crippen LogP contribution in [0.15, 0.2) is 27.6 Å². The normalized spacial score (nSPS) is 24.4. The van der Waals surface area contributed by atoms with Crippen molar-refractivity contribution in [2.24, 2.45) is 5.92 Å². The van der Waals surface area contributed by atoms with Gasteiger partial charge in [0.05, 0.1) is 9.92 Å². The van der Waals surface area contributed by atoms with Gasteiger partial charge in [-0.05, 0) is 65.7 Å². The Hall–Kier alpha value is -0.100. The van der Waals surface area contributed by atoms with Crippen LogP contribution in [0.5, 0.6) is 0 Å². The maximum absolute atomic E-state index is 12.3. The topological polar surface area (TPSA) is 46.2 Å². The lowest BCUT2D eigenvalue weighted by molar-refractivity contribution is 0.332. The molecule has 0 aromatic heterocycles. The highest BCUT2D eigenvalue weighted by atomic mass is 79.9. The number of sulfonamides is 1. The molecule has 0 spiro atoms. The summed E-state index contributed by atoms with van der Waals surface area (Å²) in [6, 6.07) is 4.73. The van der Waals surface area contributed by atoms with Gasteiger partial charge in [0.1, 0.15) is 0 Å². The highest BCUT2D eigenvalue weighted by Crippen LogP contribution is 2.27. The van der Waals surface area contributed by atoms with Crippen molar-refractivity contribution in [1.29, 1.82) is 0 Å². The highest BCUT2D eigenvalue weighted by molar-refractivity contribution is 9.10. The van der Waals surface area contributed by atoms with Crippen molar-refractivity contribution < 1.29 is 8.42 Å². The fourth-order valence-electron chi connectivity index (χ4n) is 2.31. The molecule has 6 heteroatoms. The SMILES string of the molecule is CC1CCC(NS(=O)(=O)c2ccc(Br)c(Cl)c2)CC1. The molecule has 1 fully saturated rings. The van der Waals surface area contributed by atoms with E-state index in [0.29, 0.717) is 15.4 Å². The van der Waals surface area contributed by atoms with E-state index in [-0.39, 0.29) is 10.9 Å². The predicted molar refractivity (Wildman–Crippen MR) is 80.9 cm³/mol. The Morgan fingerprint density at radius 2 is 1.89 bits per heavy atom. The van der Waals surface area contributed by atoms with E-state index in [4.69, 9.17) is 11.6 Å². The Kier molecular flexibility index (Phi) is 4.93. The first kappa shape index (κ1) is 15.3. The predicted octanol–water partition coefficient (Wildman–Crippen LogP) is 3.96. The number of hydrogen-bond acceptors (Lipinski definition) is 2. The molecule has 1 aromatic carbocycles. The van der Waals surface area contributed by atoms with Gasteiger partial charge >= 0.3 is 0 Å². The van der Waals surface area contributed by atoms with Crippen LogP contribution in [-0.4, -0.2) is 14.5 Å². The molecule has 1 aliphatic rings. The molecule has 19 heavy (non-hydrogen) atoms. The number of halogens is 2. The lowest BCUT2D eigenvalue weighted by atomic mass is 9.88. The second kappa shape index (κ2) is 6.12. The summed E-state index contributed by atoms with van der Waals surface area (Å²) in [6.45, 7) is 2.21. The van der Waals surface area contributed by atoms with Crippen LogP contribution in [0.25, 0.3) is 0 Å². The lowest BCUT2D eigenvalue weighted by Gasteiger charge is -2.26. The van der Waals surface area contributed by atoms with E-state index in [1.165, 1.54) is 6.07 Å². The highest BCUT2D eigenvalue weighted by Gasteiger charge is 2.24. The van der Waals surface area contributed by atoms with Gasteiger partial charge in [0.25, 0.3) is 0 Å². The molecule has 1 aliphatic carbocycles. The van der Waals surface area contributed by atoms with E-state index < -0.39 is 10.0 Å². The number of benzene rings is 1. The average molecular weight is 367 g/mol. The third kappa shape index (κ3) is 3.94. The molecule has 0 atom stereocenters. The molecule has 0 aliphatic heterocycles. The summed E-state index contributed by atoms with van der Waals surface area (Å²) in [5, 5.41) is 0.403. The van der Waals surface area contributed by atoms with Crippen LogP contribution in [0, 0.1) is 5.92 Å². The van der Waals surface area contributed by atoms with Gasteiger partial charge in [-0.25, -0.2) is 13.1 Å². The summed E-state index contributed by atoms with van der Waals surface area (Å²) in [4.78, 5) is 0.222. The fourth-order valence-corrected chi connectivity index (χ4v) is 4.13. The zero-order valence-corrected chi connectivity index (χ0v) is 13.9. The van der Waals surface area contributed by atoms with Gasteiger partial charge < -0.3 is 0 Å². The molecule has 106 valence electrons. The van der Waals surface area contributed by atoms with E-state index in [1.54, 1.807) is 12.1 Å². The summed E-state index contributed by atoms with van der Waals surface area (Å²) in [7, 11) is -3.47. The van der Waals surface area contributed by atoms with Crippen molar-refractivity contribution in [2.45, 2.75) is 43.5 Å². The zero-order valence-electron chi connectivity index (χ0n) is 10.7. The molecule has 1 saturated carbocycles. The Labute approximate surface area is 127 Å². The van der Waals surface area contributed by atoms with Gasteiger partial charge in [0.2, 0.25) is 10.0 Å². The molecule has 0 radical (unpaired) electrons. The van der Waals surface area contributed by atoms with Crippen molar-refractivity contribution in [1.82, 2.24) is 4.72 Å². The molecule has 0 saturated heterocycles. The fraction of sp³-hybridized carbons (Fsp3) is 0.538. The average Bonchev–Trinajstić information content (AvgIpc) is 2.35. The zero-order chi connectivity index (χ0) is 14.0. The van der Waals surface area contributed by atoms with Gasteiger partial charge in [-0.2, -0.15) is 0 Å². The first-order valence-electron chi connectivity index (χ1n) is 6.36. The second-order valence-corrected chi connectivity index (χ2v) is 8.13. The van der Waals surface area contributed by atoms with Crippen molar-refractivity contribution in [3.05, 3.63) is 27.7 Å². The van der Waals surface area contributed by atoms with E-state index in [0.717, 1.165) is 25.7 Å². The summed E-state index contributed by atoms with van der Waals surface area (Å²) in [6.07, 6.45) is 3.97. The van der Waals surface area contributed by atoms with Crippen LogP contribution in [0.2, 0.25) is 5.02 Å². The molecule has 1 aromatic rings. The maximum atomic E-state index is 12.3. The van der Waals surface area contributed by atoms with E-state index in [9.17, 15) is 8.42 Å².